The van der Waals surface area contributed by atoms with Crippen molar-refractivity contribution in [1.82, 2.24) is 9.80 Å². The van der Waals surface area contributed by atoms with Gasteiger partial charge in [0.2, 0.25) is 5.91 Å². The molecule has 3 fully saturated rings. The molecule has 2 aliphatic heterocycles. The summed E-state index contributed by atoms with van der Waals surface area (Å²) in [5, 5.41) is 0. The molecule has 4 rings (SSSR count). The number of carbonyl (C=O) groups is 1. The first kappa shape index (κ1) is 22.4. The minimum atomic E-state index is -4.31. The molecule has 1 saturated carbocycles. The number of nitrogens with zero attached hydrogens (tertiary/aromatic N) is 3. The predicted octanol–water partition coefficient (Wildman–Crippen LogP) is 4.50. The Kier molecular flexibility index (Phi) is 5.78. The Morgan fingerprint density at radius 1 is 1.06 bits per heavy atom. The van der Waals surface area contributed by atoms with E-state index < -0.39 is 11.7 Å². The Balaban J connectivity index is 1.25. The van der Waals surface area contributed by atoms with Crippen LogP contribution in [-0.4, -0.2) is 61.5 Å². The standard InChI is InChI=1S/C24H34F3N3O/c1-22(2)19-8-9-23(22,3)21(31)30(17-19)11-5-10-28-12-14-29(15-13-28)20-7-4-6-18(16-20)24(25,26)27/h4,6-7,16,19H,5,8-15,17H2,1-3H3/t19?,23-/m0/s1. The van der Waals surface area contributed by atoms with E-state index in [1.165, 1.54) is 12.1 Å². The highest BCUT2D eigenvalue weighted by Crippen LogP contribution is 2.59. The van der Waals surface area contributed by atoms with Gasteiger partial charge in [-0.15, -0.1) is 0 Å². The number of hydrogen-bond donors (Lipinski definition) is 0. The smallest absolute Gasteiger partial charge is 0.369 e. The summed E-state index contributed by atoms with van der Waals surface area (Å²) in [5.41, 5.74) is -0.100. The number of amides is 1. The Morgan fingerprint density at radius 2 is 1.77 bits per heavy atom. The van der Waals surface area contributed by atoms with Crippen molar-refractivity contribution in [1.29, 1.82) is 0 Å². The molecule has 31 heavy (non-hydrogen) atoms. The maximum absolute atomic E-state index is 13.1. The predicted molar refractivity (Wildman–Crippen MR) is 116 cm³/mol. The Morgan fingerprint density at radius 3 is 2.45 bits per heavy atom. The second kappa shape index (κ2) is 7.98. The normalized spacial score (nSPS) is 29.0. The number of hydrogen-bond acceptors (Lipinski definition) is 3. The summed E-state index contributed by atoms with van der Waals surface area (Å²) in [6, 6.07) is 5.60. The third-order valence-corrected chi connectivity index (χ3v) is 8.45. The molecule has 2 atom stereocenters. The molecule has 7 heteroatoms. The summed E-state index contributed by atoms with van der Waals surface area (Å²) >= 11 is 0. The first-order chi connectivity index (χ1) is 14.5. The molecule has 2 bridgehead atoms. The molecule has 1 amide bonds. The zero-order valence-corrected chi connectivity index (χ0v) is 18.8. The van der Waals surface area contributed by atoms with E-state index in [0.717, 1.165) is 71.1 Å². The maximum atomic E-state index is 13.1. The SMILES string of the molecule is CC1(C)C2CC[C@@]1(C)C(=O)N(CCCN1CCN(c3cccc(C(F)(F)F)c3)CC1)C2. The van der Waals surface area contributed by atoms with Crippen molar-refractivity contribution in [3.05, 3.63) is 29.8 Å². The van der Waals surface area contributed by atoms with Crippen LogP contribution in [0.25, 0.3) is 0 Å². The molecule has 0 aromatic heterocycles. The van der Waals surface area contributed by atoms with Crippen molar-refractivity contribution in [2.75, 3.05) is 50.7 Å². The summed E-state index contributed by atoms with van der Waals surface area (Å²) in [7, 11) is 0. The summed E-state index contributed by atoms with van der Waals surface area (Å²) in [5.74, 6) is 0.909. The lowest BCUT2D eigenvalue weighted by molar-refractivity contribution is -0.155. The summed E-state index contributed by atoms with van der Waals surface area (Å²) < 4.78 is 38.9. The molecule has 0 spiro atoms. The molecular weight excluding hydrogens is 403 g/mol. The molecule has 1 unspecified atom stereocenters. The van der Waals surface area contributed by atoms with E-state index in [0.29, 0.717) is 17.5 Å². The average molecular weight is 438 g/mol. The number of likely N-dealkylation sites (tertiary alicyclic amines) is 1. The Hall–Kier alpha value is -1.76. The average Bonchev–Trinajstić information content (AvgIpc) is 2.86. The molecule has 4 nitrogen and oxygen atoms in total. The zero-order valence-electron chi connectivity index (χ0n) is 18.8. The highest BCUT2D eigenvalue weighted by atomic mass is 19.4. The number of piperidine rings is 1. The Bertz CT molecular complexity index is 817. The third kappa shape index (κ3) is 4.06. The molecule has 3 aliphatic rings. The van der Waals surface area contributed by atoms with Gasteiger partial charge in [0.25, 0.3) is 0 Å². The molecule has 0 radical (unpaired) electrons. The van der Waals surface area contributed by atoms with Gasteiger partial charge >= 0.3 is 6.18 Å². The molecule has 172 valence electrons. The number of rotatable bonds is 5. The van der Waals surface area contributed by atoms with Gasteiger partial charge in [-0.25, -0.2) is 0 Å². The van der Waals surface area contributed by atoms with Crippen molar-refractivity contribution in [2.45, 2.75) is 46.2 Å². The van der Waals surface area contributed by atoms with E-state index in [2.05, 4.69) is 30.6 Å². The van der Waals surface area contributed by atoms with Gasteiger partial charge in [0.05, 0.1) is 11.0 Å². The van der Waals surface area contributed by atoms with Gasteiger partial charge in [-0.3, -0.25) is 9.69 Å². The number of alkyl halides is 3. The number of carbonyl (C=O) groups excluding carboxylic acids is 1. The van der Waals surface area contributed by atoms with Crippen molar-refractivity contribution in [3.8, 4) is 0 Å². The number of fused-ring (bicyclic) bond motifs is 2. The van der Waals surface area contributed by atoms with Gasteiger partial charge in [0, 0.05) is 45.0 Å². The lowest BCUT2D eigenvalue weighted by Crippen LogP contribution is -2.56. The van der Waals surface area contributed by atoms with Crippen LogP contribution >= 0.6 is 0 Å². The van der Waals surface area contributed by atoms with E-state index in [9.17, 15) is 18.0 Å². The number of piperazine rings is 1. The largest absolute Gasteiger partial charge is 0.416 e. The lowest BCUT2D eigenvalue weighted by Gasteiger charge is -2.49. The van der Waals surface area contributed by atoms with E-state index in [1.54, 1.807) is 6.07 Å². The van der Waals surface area contributed by atoms with Crippen LogP contribution < -0.4 is 4.90 Å². The van der Waals surface area contributed by atoms with Crippen LogP contribution in [0, 0.1) is 16.7 Å². The second-order valence-corrected chi connectivity index (χ2v) is 10.3. The van der Waals surface area contributed by atoms with Gasteiger partial charge in [-0.05, 0) is 55.3 Å². The molecule has 2 heterocycles. The van der Waals surface area contributed by atoms with Crippen molar-refractivity contribution < 1.29 is 18.0 Å². The summed E-state index contributed by atoms with van der Waals surface area (Å²) in [6.07, 6.45) is -1.23. The highest BCUT2D eigenvalue weighted by molar-refractivity contribution is 5.85. The number of benzene rings is 1. The third-order valence-electron chi connectivity index (χ3n) is 8.45. The van der Waals surface area contributed by atoms with Gasteiger partial charge in [0.1, 0.15) is 0 Å². The lowest BCUT2D eigenvalue weighted by atomic mass is 9.62. The molecule has 1 aromatic rings. The fourth-order valence-corrected chi connectivity index (χ4v) is 5.78. The molecule has 2 saturated heterocycles. The van der Waals surface area contributed by atoms with E-state index in [4.69, 9.17) is 0 Å². The summed E-state index contributed by atoms with van der Waals surface area (Å²) in [6.45, 7) is 12.4. The minimum Gasteiger partial charge on any atom is -0.369 e. The summed E-state index contributed by atoms with van der Waals surface area (Å²) in [4.78, 5) is 19.6. The van der Waals surface area contributed by atoms with Crippen LogP contribution in [0.2, 0.25) is 0 Å². The molecule has 1 aromatic carbocycles. The van der Waals surface area contributed by atoms with Crippen LogP contribution in [0.15, 0.2) is 24.3 Å². The van der Waals surface area contributed by atoms with Crippen molar-refractivity contribution in [3.63, 3.8) is 0 Å². The quantitative estimate of drug-likeness (QED) is 0.679. The fraction of sp³-hybridized carbons (Fsp3) is 0.708. The van der Waals surface area contributed by atoms with Crippen LogP contribution in [0.5, 0.6) is 0 Å². The van der Waals surface area contributed by atoms with Crippen LogP contribution in [0.1, 0.15) is 45.6 Å². The molecule has 0 N–H and O–H groups in total. The van der Waals surface area contributed by atoms with Crippen molar-refractivity contribution in [2.24, 2.45) is 16.7 Å². The number of anilines is 1. The van der Waals surface area contributed by atoms with Gasteiger partial charge < -0.3 is 9.80 Å². The van der Waals surface area contributed by atoms with E-state index in [-0.39, 0.29) is 10.8 Å². The van der Waals surface area contributed by atoms with Crippen LogP contribution in [0.4, 0.5) is 18.9 Å². The fourth-order valence-electron chi connectivity index (χ4n) is 5.78. The Labute approximate surface area is 183 Å². The second-order valence-electron chi connectivity index (χ2n) is 10.3. The first-order valence-corrected chi connectivity index (χ1v) is 11.5. The van der Waals surface area contributed by atoms with Gasteiger partial charge in [0.15, 0.2) is 0 Å². The highest BCUT2D eigenvalue weighted by Gasteiger charge is 2.60. The van der Waals surface area contributed by atoms with Gasteiger partial charge in [-0.1, -0.05) is 26.8 Å². The van der Waals surface area contributed by atoms with E-state index in [1.807, 2.05) is 4.90 Å². The van der Waals surface area contributed by atoms with Crippen LogP contribution in [0.3, 0.4) is 0 Å². The first-order valence-electron chi connectivity index (χ1n) is 11.5. The monoisotopic (exact) mass is 437 g/mol. The van der Waals surface area contributed by atoms with Crippen molar-refractivity contribution >= 4 is 11.6 Å². The van der Waals surface area contributed by atoms with E-state index >= 15 is 0 Å². The minimum absolute atomic E-state index is 0.0837. The number of halogens is 3. The zero-order chi connectivity index (χ0) is 22.4. The topological polar surface area (TPSA) is 26.8 Å². The molecular formula is C24H34F3N3O. The maximum Gasteiger partial charge on any atom is 0.416 e. The van der Waals surface area contributed by atoms with Crippen LogP contribution in [-0.2, 0) is 11.0 Å². The van der Waals surface area contributed by atoms with Gasteiger partial charge in [-0.2, -0.15) is 13.2 Å². The molecule has 1 aliphatic carbocycles.